The molecular weight excluding hydrogens is 389 g/mol. The number of hydrogen-bond donors (Lipinski definition) is 2. The van der Waals surface area contributed by atoms with Crippen LogP contribution in [-0.4, -0.2) is 36.4 Å². The fourth-order valence-corrected chi connectivity index (χ4v) is 3.23. The summed E-state index contributed by atoms with van der Waals surface area (Å²) < 4.78 is 18.1. The molecule has 2 N–H and O–H groups in total. The number of fused-ring (bicyclic) bond motifs is 1. The number of imidazole rings is 1. The van der Waals surface area contributed by atoms with Crippen LogP contribution in [0.4, 0.5) is 10.3 Å². The van der Waals surface area contributed by atoms with Crippen LogP contribution in [0.15, 0.2) is 27.8 Å². The van der Waals surface area contributed by atoms with Crippen molar-refractivity contribution in [3.8, 4) is 0 Å². The molecule has 0 saturated carbocycles. The van der Waals surface area contributed by atoms with Crippen LogP contribution in [0.1, 0.15) is 18.9 Å². The Balaban J connectivity index is 2.31. The van der Waals surface area contributed by atoms with Crippen molar-refractivity contribution in [2.45, 2.75) is 25.9 Å². The van der Waals surface area contributed by atoms with Crippen molar-refractivity contribution in [2.75, 3.05) is 11.9 Å². The van der Waals surface area contributed by atoms with Gasteiger partial charge in [-0.15, -0.1) is 0 Å². The molecule has 0 radical (unpaired) electrons. The molecule has 150 valence electrons. The van der Waals surface area contributed by atoms with Crippen molar-refractivity contribution in [1.82, 2.24) is 18.7 Å². The first-order valence-corrected chi connectivity index (χ1v) is 9.14. The van der Waals surface area contributed by atoms with E-state index in [0.717, 1.165) is 4.57 Å². The molecule has 0 saturated heterocycles. The lowest BCUT2D eigenvalue weighted by atomic mass is 10.2. The number of rotatable bonds is 6. The van der Waals surface area contributed by atoms with Gasteiger partial charge in [-0.05, 0) is 18.6 Å². The number of aryl methyl sites for hydroxylation is 1. The minimum absolute atomic E-state index is 0.0698. The van der Waals surface area contributed by atoms with E-state index >= 15 is 0 Å². The Morgan fingerprint density at radius 1 is 1.29 bits per heavy atom. The summed E-state index contributed by atoms with van der Waals surface area (Å²) >= 11 is 6.17. The maximum absolute atomic E-state index is 14.4. The Labute approximate surface area is 164 Å². The largest absolute Gasteiger partial charge is 0.394 e. The van der Waals surface area contributed by atoms with Gasteiger partial charge in [-0.25, -0.2) is 9.18 Å². The monoisotopic (exact) mass is 409 g/mol. The third-order valence-corrected chi connectivity index (χ3v) is 5.13. The zero-order chi connectivity index (χ0) is 20.6. The number of nitrogens with one attached hydrogen (secondary N) is 1. The normalized spacial score (nSPS) is 12.5. The smallest absolute Gasteiger partial charge is 0.332 e. The highest BCUT2D eigenvalue weighted by Crippen LogP contribution is 2.24. The molecule has 1 unspecified atom stereocenters. The van der Waals surface area contributed by atoms with Gasteiger partial charge in [0.25, 0.3) is 5.56 Å². The van der Waals surface area contributed by atoms with Crippen LogP contribution < -0.4 is 16.6 Å². The molecule has 2 aromatic heterocycles. The molecule has 0 amide bonds. The lowest BCUT2D eigenvalue weighted by molar-refractivity contribution is 0.271. The molecule has 10 heteroatoms. The highest BCUT2D eigenvalue weighted by Gasteiger charge is 2.22. The maximum Gasteiger partial charge on any atom is 0.332 e. The van der Waals surface area contributed by atoms with E-state index in [1.165, 1.54) is 35.4 Å². The number of nitrogens with zero attached hydrogens (tertiary/aromatic N) is 4. The van der Waals surface area contributed by atoms with Crippen LogP contribution in [0.5, 0.6) is 0 Å². The summed E-state index contributed by atoms with van der Waals surface area (Å²) in [6.07, 6.45) is 0.594. The number of anilines is 1. The zero-order valence-electron chi connectivity index (χ0n) is 15.7. The summed E-state index contributed by atoms with van der Waals surface area (Å²) in [5, 5.41) is 12.8. The third-order valence-electron chi connectivity index (χ3n) is 4.77. The van der Waals surface area contributed by atoms with Crippen LogP contribution >= 0.6 is 11.6 Å². The Kier molecular flexibility index (Phi) is 5.57. The standard InChI is InChI=1S/C18H21ClFN5O3/c1-4-10(9-26)21-17-22-15-14(16(27)24(3)18(28)23(15)2)25(17)8-11-12(19)6-5-7-13(11)20/h5-7,10,26H,4,8-9H2,1-3H3,(H,21,22). The average Bonchev–Trinajstić information content (AvgIpc) is 3.03. The molecule has 0 fully saturated rings. The maximum atomic E-state index is 14.4. The molecule has 0 bridgehead atoms. The van der Waals surface area contributed by atoms with Gasteiger partial charge in [-0.1, -0.05) is 24.6 Å². The minimum Gasteiger partial charge on any atom is -0.394 e. The minimum atomic E-state index is -0.553. The van der Waals surface area contributed by atoms with Crippen molar-refractivity contribution < 1.29 is 9.50 Å². The molecule has 0 aliphatic carbocycles. The molecule has 0 aliphatic heterocycles. The number of hydrogen-bond acceptors (Lipinski definition) is 5. The summed E-state index contributed by atoms with van der Waals surface area (Å²) in [4.78, 5) is 29.5. The van der Waals surface area contributed by atoms with Gasteiger partial charge in [-0.2, -0.15) is 4.98 Å². The SMILES string of the molecule is CCC(CO)Nc1nc2c(c(=O)n(C)c(=O)n2C)n1Cc1c(F)cccc1Cl. The number of aromatic nitrogens is 4. The summed E-state index contributed by atoms with van der Waals surface area (Å²) in [6.45, 7) is 1.65. The van der Waals surface area contributed by atoms with Crippen molar-refractivity contribution in [3.05, 3.63) is 55.4 Å². The molecule has 1 atom stereocenters. The van der Waals surface area contributed by atoms with E-state index in [1.807, 2.05) is 6.92 Å². The molecule has 8 nitrogen and oxygen atoms in total. The van der Waals surface area contributed by atoms with E-state index in [4.69, 9.17) is 11.6 Å². The molecule has 3 aromatic rings. The van der Waals surface area contributed by atoms with Crippen molar-refractivity contribution in [1.29, 1.82) is 0 Å². The third kappa shape index (κ3) is 3.31. The summed E-state index contributed by atoms with van der Waals surface area (Å²) in [6, 6.07) is 4.01. The van der Waals surface area contributed by atoms with Gasteiger partial charge in [0.05, 0.1) is 19.2 Å². The highest BCUT2D eigenvalue weighted by molar-refractivity contribution is 6.31. The molecular formula is C18H21ClFN5O3. The second-order valence-electron chi connectivity index (χ2n) is 6.53. The Hall–Kier alpha value is -2.65. The predicted molar refractivity (Wildman–Crippen MR) is 106 cm³/mol. The Bertz CT molecular complexity index is 1130. The number of benzene rings is 1. The molecule has 0 spiro atoms. The molecule has 2 heterocycles. The zero-order valence-corrected chi connectivity index (χ0v) is 16.5. The van der Waals surface area contributed by atoms with Crippen molar-refractivity contribution in [3.63, 3.8) is 0 Å². The number of aliphatic hydroxyl groups excluding tert-OH is 1. The van der Waals surface area contributed by atoms with E-state index in [-0.39, 0.29) is 46.9 Å². The first-order chi connectivity index (χ1) is 13.3. The van der Waals surface area contributed by atoms with E-state index in [1.54, 1.807) is 6.07 Å². The second kappa shape index (κ2) is 7.76. The predicted octanol–water partition coefficient (Wildman–Crippen LogP) is 1.46. The van der Waals surface area contributed by atoms with Crippen LogP contribution in [0.3, 0.4) is 0 Å². The molecule has 1 aromatic carbocycles. The van der Waals surface area contributed by atoms with Crippen LogP contribution in [0, 0.1) is 5.82 Å². The molecule has 0 aliphatic rings. The van der Waals surface area contributed by atoms with E-state index in [9.17, 15) is 19.1 Å². The number of halogens is 2. The van der Waals surface area contributed by atoms with Gasteiger partial charge in [0.1, 0.15) is 5.82 Å². The van der Waals surface area contributed by atoms with Gasteiger partial charge in [0.2, 0.25) is 5.95 Å². The fraction of sp³-hybridized carbons (Fsp3) is 0.389. The van der Waals surface area contributed by atoms with Gasteiger partial charge in [-0.3, -0.25) is 18.5 Å². The van der Waals surface area contributed by atoms with Crippen LogP contribution in [-0.2, 0) is 20.6 Å². The lowest BCUT2D eigenvalue weighted by Crippen LogP contribution is -2.37. The van der Waals surface area contributed by atoms with Gasteiger partial charge >= 0.3 is 5.69 Å². The van der Waals surface area contributed by atoms with Crippen molar-refractivity contribution >= 4 is 28.7 Å². The van der Waals surface area contributed by atoms with E-state index in [0.29, 0.717) is 6.42 Å². The topological polar surface area (TPSA) is 94.1 Å². The van der Waals surface area contributed by atoms with Crippen LogP contribution in [0.2, 0.25) is 5.02 Å². The van der Waals surface area contributed by atoms with Crippen molar-refractivity contribution in [2.24, 2.45) is 14.1 Å². The quantitative estimate of drug-likeness (QED) is 0.642. The lowest BCUT2D eigenvalue weighted by Gasteiger charge is -2.17. The fourth-order valence-electron chi connectivity index (χ4n) is 3.01. The Morgan fingerprint density at radius 3 is 2.61 bits per heavy atom. The highest BCUT2D eigenvalue weighted by atomic mass is 35.5. The molecule has 28 heavy (non-hydrogen) atoms. The number of aliphatic hydroxyl groups is 1. The summed E-state index contributed by atoms with van der Waals surface area (Å²) in [7, 11) is 2.87. The average molecular weight is 410 g/mol. The second-order valence-corrected chi connectivity index (χ2v) is 6.94. The van der Waals surface area contributed by atoms with Gasteiger partial charge in [0.15, 0.2) is 11.2 Å². The van der Waals surface area contributed by atoms with E-state index in [2.05, 4.69) is 10.3 Å². The Morgan fingerprint density at radius 2 is 2.00 bits per heavy atom. The summed E-state index contributed by atoms with van der Waals surface area (Å²) in [5.41, 5.74) is -0.579. The first-order valence-electron chi connectivity index (χ1n) is 8.76. The van der Waals surface area contributed by atoms with E-state index < -0.39 is 17.1 Å². The first kappa shape index (κ1) is 20.1. The summed E-state index contributed by atoms with van der Waals surface area (Å²) in [5.74, 6) is -0.273. The van der Waals surface area contributed by atoms with Gasteiger partial charge in [0, 0.05) is 24.7 Å². The molecule has 3 rings (SSSR count). The van der Waals surface area contributed by atoms with Gasteiger partial charge < -0.3 is 10.4 Å². The van der Waals surface area contributed by atoms with Crippen LogP contribution in [0.25, 0.3) is 11.2 Å².